The first-order valence-electron chi connectivity index (χ1n) is 6.33. The number of rotatable bonds is 3. The zero-order valence-corrected chi connectivity index (χ0v) is 12.5. The molecule has 0 aliphatic heterocycles. The SMILES string of the molecule is O=C(NCC1CCCC(Cl)C1)c1ccccc1Br. The summed E-state index contributed by atoms with van der Waals surface area (Å²) in [4.78, 5) is 12.0. The first-order chi connectivity index (χ1) is 8.66. The van der Waals surface area contributed by atoms with Gasteiger partial charge in [-0.1, -0.05) is 18.6 Å². The summed E-state index contributed by atoms with van der Waals surface area (Å²) in [6, 6.07) is 7.48. The van der Waals surface area contributed by atoms with Gasteiger partial charge < -0.3 is 5.32 Å². The summed E-state index contributed by atoms with van der Waals surface area (Å²) in [7, 11) is 0. The van der Waals surface area contributed by atoms with Gasteiger partial charge in [0.1, 0.15) is 0 Å². The highest BCUT2D eigenvalue weighted by molar-refractivity contribution is 9.10. The quantitative estimate of drug-likeness (QED) is 0.835. The van der Waals surface area contributed by atoms with Gasteiger partial charge in [0.05, 0.1) is 5.56 Å². The fourth-order valence-electron chi connectivity index (χ4n) is 2.39. The lowest BCUT2D eigenvalue weighted by Crippen LogP contribution is -2.32. The summed E-state index contributed by atoms with van der Waals surface area (Å²) in [5, 5.41) is 3.28. The standard InChI is InChI=1S/C14H17BrClNO/c15-13-7-2-1-6-12(13)14(18)17-9-10-4-3-5-11(16)8-10/h1-2,6-7,10-11H,3-5,8-9H2,(H,17,18). The highest BCUT2D eigenvalue weighted by atomic mass is 79.9. The molecule has 2 rings (SSSR count). The van der Waals surface area contributed by atoms with Crippen LogP contribution < -0.4 is 5.32 Å². The van der Waals surface area contributed by atoms with E-state index in [1.165, 1.54) is 12.8 Å². The largest absolute Gasteiger partial charge is 0.352 e. The van der Waals surface area contributed by atoms with Crippen molar-refractivity contribution in [2.75, 3.05) is 6.54 Å². The predicted octanol–water partition coefficient (Wildman–Crippen LogP) is 3.98. The second-order valence-corrected chi connectivity index (χ2v) is 6.29. The van der Waals surface area contributed by atoms with Crippen molar-refractivity contribution < 1.29 is 4.79 Å². The summed E-state index contributed by atoms with van der Waals surface area (Å²) < 4.78 is 0.835. The van der Waals surface area contributed by atoms with Gasteiger partial charge in [-0.3, -0.25) is 4.79 Å². The van der Waals surface area contributed by atoms with Crippen LogP contribution in [0.25, 0.3) is 0 Å². The lowest BCUT2D eigenvalue weighted by molar-refractivity contribution is 0.0943. The van der Waals surface area contributed by atoms with Crippen LogP contribution in [0.3, 0.4) is 0 Å². The van der Waals surface area contributed by atoms with Crippen LogP contribution in [-0.2, 0) is 0 Å². The third kappa shape index (κ3) is 3.72. The van der Waals surface area contributed by atoms with Gasteiger partial charge in [0.15, 0.2) is 0 Å². The zero-order valence-electron chi connectivity index (χ0n) is 10.2. The molecule has 1 aliphatic carbocycles. The molecule has 2 nitrogen and oxygen atoms in total. The maximum absolute atomic E-state index is 12.0. The molecule has 1 aromatic carbocycles. The van der Waals surface area contributed by atoms with E-state index in [2.05, 4.69) is 21.2 Å². The van der Waals surface area contributed by atoms with Crippen LogP contribution in [-0.4, -0.2) is 17.8 Å². The Balaban J connectivity index is 1.87. The average molecular weight is 331 g/mol. The fraction of sp³-hybridized carbons (Fsp3) is 0.500. The first-order valence-corrected chi connectivity index (χ1v) is 7.56. The molecule has 18 heavy (non-hydrogen) atoms. The van der Waals surface area contributed by atoms with Gasteiger partial charge >= 0.3 is 0 Å². The van der Waals surface area contributed by atoms with E-state index in [0.29, 0.717) is 11.5 Å². The van der Waals surface area contributed by atoms with Crippen LogP contribution in [0.1, 0.15) is 36.0 Å². The van der Waals surface area contributed by atoms with Crippen molar-refractivity contribution in [3.63, 3.8) is 0 Å². The number of halogens is 2. The number of benzene rings is 1. The van der Waals surface area contributed by atoms with Gasteiger partial charge in [-0.15, -0.1) is 11.6 Å². The van der Waals surface area contributed by atoms with E-state index >= 15 is 0 Å². The normalized spacial score (nSPS) is 23.7. The number of alkyl halides is 1. The van der Waals surface area contributed by atoms with Crippen LogP contribution in [0, 0.1) is 5.92 Å². The van der Waals surface area contributed by atoms with Crippen molar-refractivity contribution >= 4 is 33.4 Å². The Morgan fingerprint density at radius 3 is 2.89 bits per heavy atom. The summed E-state index contributed by atoms with van der Waals surface area (Å²) in [6.07, 6.45) is 4.46. The van der Waals surface area contributed by atoms with Gasteiger partial charge in [0.2, 0.25) is 0 Å². The van der Waals surface area contributed by atoms with Gasteiger partial charge in [-0.2, -0.15) is 0 Å². The molecule has 0 spiro atoms. The number of carbonyl (C=O) groups excluding carboxylic acids is 1. The van der Waals surface area contributed by atoms with Gasteiger partial charge in [0, 0.05) is 16.4 Å². The van der Waals surface area contributed by atoms with E-state index in [1.54, 1.807) is 0 Å². The van der Waals surface area contributed by atoms with Crippen LogP contribution in [0.5, 0.6) is 0 Å². The average Bonchev–Trinajstić information content (AvgIpc) is 2.37. The number of amides is 1. The fourth-order valence-corrected chi connectivity index (χ4v) is 3.26. The van der Waals surface area contributed by atoms with Crippen molar-refractivity contribution in [3.05, 3.63) is 34.3 Å². The Hall–Kier alpha value is -0.540. The summed E-state index contributed by atoms with van der Waals surface area (Å²) in [5.41, 5.74) is 0.690. The van der Waals surface area contributed by atoms with Crippen molar-refractivity contribution in [2.45, 2.75) is 31.1 Å². The second kappa shape index (κ2) is 6.58. The summed E-state index contributed by atoms with van der Waals surface area (Å²) in [6.45, 7) is 0.726. The molecular formula is C14H17BrClNO. The molecule has 0 radical (unpaired) electrons. The van der Waals surface area contributed by atoms with E-state index in [1.807, 2.05) is 24.3 Å². The molecule has 1 aliphatic rings. The number of nitrogens with one attached hydrogen (secondary N) is 1. The Kier molecular flexibility index (Phi) is 5.07. The maximum Gasteiger partial charge on any atom is 0.252 e. The molecule has 0 heterocycles. The van der Waals surface area contributed by atoms with Gasteiger partial charge in [-0.25, -0.2) is 0 Å². The Morgan fingerprint density at radius 2 is 2.17 bits per heavy atom. The second-order valence-electron chi connectivity index (χ2n) is 4.82. The van der Waals surface area contributed by atoms with Crippen molar-refractivity contribution in [3.8, 4) is 0 Å². The van der Waals surface area contributed by atoms with Crippen LogP contribution >= 0.6 is 27.5 Å². The first kappa shape index (κ1) is 13.9. The Morgan fingerprint density at radius 1 is 1.39 bits per heavy atom. The third-order valence-electron chi connectivity index (χ3n) is 3.39. The minimum absolute atomic E-state index is 0.0147. The molecule has 2 atom stereocenters. The lowest BCUT2D eigenvalue weighted by atomic mass is 9.89. The molecule has 0 saturated heterocycles. The molecule has 0 bridgehead atoms. The molecule has 98 valence electrons. The highest BCUT2D eigenvalue weighted by Gasteiger charge is 2.21. The molecule has 2 unspecified atom stereocenters. The molecule has 1 amide bonds. The van der Waals surface area contributed by atoms with E-state index < -0.39 is 0 Å². The van der Waals surface area contributed by atoms with Crippen molar-refractivity contribution in [1.82, 2.24) is 5.32 Å². The van der Waals surface area contributed by atoms with E-state index in [9.17, 15) is 4.79 Å². The van der Waals surface area contributed by atoms with Crippen molar-refractivity contribution in [2.24, 2.45) is 5.92 Å². The monoisotopic (exact) mass is 329 g/mol. The molecule has 0 aromatic heterocycles. The molecule has 1 N–H and O–H groups in total. The van der Waals surface area contributed by atoms with E-state index in [-0.39, 0.29) is 11.3 Å². The van der Waals surface area contributed by atoms with E-state index in [4.69, 9.17) is 11.6 Å². The molecule has 1 aromatic rings. The molecular weight excluding hydrogens is 314 g/mol. The topological polar surface area (TPSA) is 29.1 Å². The minimum Gasteiger partial charge on any atom is -0.352 e. The minimum atomic E-state index is -0.0147. The van der Waals surface area contributed by atoms with Gasteiger partial charge in [-0.05, 0) is 53.2 Å². The number of hydrogen-bond donors (Lipinski definition) is 1. The summed E-state index contributed by atoms with van der Waals surface area (Å²) >= 11 is 9.54. The lowest BCUT2D eigenvalue weighted by Gasteiger charge is -2.25. The highest BCUT2D eigenvalue weighted by Crippen LogP contribution is 2.27. The predicted molar refractivity (Wildman–Crippen MR) is 78.1 cm³/mol. The summed E-state index contributed by atoms with van der Waals surface area (Å²) in [5.74, 6) is 0.506. The molecule has 1 saturated carbocycles. The Bertz CT molecular complexity index is 424. The number of hydrogen-bond acceptors (Lipinski definition) is 1. The van der Waals surface area contributed by atoms with Gasteiger partial charge in [0.25, 0.3) is 5.91 Å². The number of carbonyl (C=O) groups is 1. The maximum atomic E-state index is 12.0. The van der Waals surface area contributed by atoms with Crippen LogP contribution in [0.15, 0.2) is 28.7 Å². The van der Waals surface area contributed by atoms with Crippen LogP contribution in [0.2, 0.25) is 0 Å². The zero-order chi connectivity index (χ0) is 13.0. The molecule has 4 heteroatoms. The third-order valence-corrected chi connectivity index (χ3v) is 4.48. The molecule has 1 fully saturated rings. The van der Waals surface area contributed by atoms with Crippen molar-refractivity contribution in [1.29, 1.82) is 0 Å². The Labute approximate surface area is 121 Å². The van der Waals surface area contributed by atoms with E-state index in [0.717, 1.165) is 23.9 Å². The van der Waals surface area contributed by atoms with Crippen LogP contribution in [0.4, 0.5) is 0 Å². The smallest absolute Gasteiger partial charge is 0.252 e.